The van der Waals surface area contributed by atoms with Gasteiger partial charge in [-0.15, -0.1) is 0 Å². The Bertz CT molecular complexity index is 364. The van der Waals surface area contributed by atoms with Crippen LogP contribution in [-0.2, 0) is 0 Å². The third kappa shape index (κ3) is 1.55. The van der Waals surface area contributed by atoms with Gasteiger partial charge in [0.15, 0.2) is 0 Å². The molecule has 0 aromatic heterocycles. The molecule has 1 aromatic carbocycles. The van der Waals surface area contributed by atoms with Gasteiger partial charge in [-0.1, -0.05) is 15.9 Å². The van der Waals surface area contributed by atoms with Gasteiger partial charge in [0.2, 0.25) is 0 Å². The molecule has 0 heterocycles. The van der Waals surface area contributed by atoms with Gasteiger partial charge in [0.05, 0.1) is 5.56 Å². The molecule has 62 valence electrons. The van der Waals surface area contributed by atoms with Crippen LogP contribution in [0.3, 0.4) is 0 Å². The number of benzene rings is 1. The van der Waals surface area contributed by atoms with Crippen LogP contribution in [0.1, 0.15) is 16.7 Å². The number of halogens is 2. The number of hydrogen-bond acceptors (Lipinski definition) is 1. The Balaban J connectivity index is 3.54. The smallest absolute Gasteiger partial charge is 0.101 e. The highest BCUT2D eigenvalue weighted by Crippen LogP contribution is 2.30. The first-order chi connectivity index (χ1) is 5.57. The summed E-state index contributed by atoms with van der Waals surface area (Å²) in [7, 11) is 0. The van der Waals surface area contributed by atoms with Gasteiger partial charge < -0.3 is 0 Å². The molecule has 0 fully saturated rings. The molecule has 0 spiro atoms. The first-order valence-electron chi connectivity index (χ1n) is 3.43. The number of nitrogens with zero attached hydrogens (tertiary/aromatic N) is 1. The molecule has 0 N–H and O–H groups in total. The highest BCUT2D eigenvalue weighted by atomic mass is 79.9. The molecular formula is C9H7Br2N. The Morgan fingerprint density at radius 3 is 2.42 bits per heavy atom. The van der Waals surface area contributed by atoms with E-state index in [1.54, 1.807) is 0 Å². The molecule has 0 bridgehead atoms. The Morgan fingerprint density at radius 1 is 1.33 bits per heavy atom. The maximum absolute atomic E-state index is 8.82. The average Bonchev–Trinajstić information content (AvgIpc) is 2.01. The molecule has 0 atom stereocenters. The fourth-order valence-corrected chi connectivity index (χ4v) is 2.40. The number of nitriles is 1. The number of hydrogen-bond donors (Lipinski definition) is 0. The zero-order chi connectivity index (χ0) is 9.30. The second-order valence-electron chi connectivity index (χ2n) is 2.60. The van der Waals surface area contributed by atoms with Crippen LogP contribution in [0.4, 0.5) is 0 Å². The van der Waals surface area contributed by atoms with Gasteiger partial charge in [0.1, 0.15) is 6.07 Å². The van der Waals surface area contributed by atoms with Crippen LogP contribution in [0.2, 0.25) is 0 Å². The molecule has 0 unspecified atom stereocenters. The molecular weight excluding hydrogens is 282 g/mol. The van der Waals surface area contributed by atoms with E-state index in [0.717, 1.165) is 25.6 Å². The summed E-state index contributed by atoms with van der Waals surface area (Å²) in [5.74, 6) is 0. The van der Waals surface area contributed by atoms with Crippen molar-refractivity contribution < 1.29 is 0 Å². The van der Waals surface area contributed by atoms with Crippen molar-refractivity contribution in [3.63, 3.8) is 0 Å². The van der Waals surface area contributed by atoms with E-state index in [9.17, 15) is 0 Å². The van der Waals surface area contributed by atoms with Gasteiger partial charge in [0.25, 0.3) is 0 Å². The maximum atomic E-state index is 8.82. The quantitative estimate of drug-likeness (QED) is 0.714. The Labute approximate surface area is 88.7 Å². The highest BCUT2D eigenvalue weighted by molar-refractivity contribution is 9.11. The molecule has 0 saturated carbocycles. The average molecular weight is 289 g/mol. The molecule has 0 aliphatic heterocycles. The van der Waals surface area contributed by atoms with E-state index in [4.69, 9.17) is 5.26 Å². The second kappa shape index (κ2) is 3.59. The van der Waals surface area contributed by atoms with Crippen LogP contribution in [0.25, 0.3) is 0 Å². The first kappa shape index (κ1) is 9.76. The largest absolute Gasteiger partial charge is 0.192 e. The summed E-state index contributed by atoms with van der Waals surface area (Å²) < 4.78 is 1.92. The van der Waals surface area contributed by atoms with Crippen molar-refractivity contribution in [2.75, 3.05) is 0 Å². The standard InChI is InChI=1S/C9H7Br2N/c1-5-3-8(10)6(2)9(11)7(5)4-12/h3H,1-2H3. The summed E-state index contributed by atoms with van der Waals surface area (Å²) >= 11 is 6.81. The van der Waals surface area contributed by atoms with E-state index in [0.29, 0.717) is 0 Å². The molecule has 12 heavy (non-hydrogen) atoms. The fourth-order valence-electron chi connectivity index (χ4n) is 0.973. The van der Waals surface area contributed by atoms with E-state index < -0.39 is 0 Å². The van der Waals surface area contributed by atoms with Gasteiger partial charge in [-0.2, -0.15) is 5.26 Å². The molecule has 0 saturated heterocycles. The van der Waals surface area contributed by atoms with Gasteiger partial charge in [-0.25, -0.2) is 0 Å². The Kier molecular flexibility index (Phi) is 2.92. The summed E-state index contributed by atoms with van der Waals surface area (Å²) in [6.45, 7) is 3.89. The predicted molar refractivity (Wildman–Crippen MR) is 56.0 cm³/mol. The van der Waals surface area contributed by atoms with E-state index in [-0.39, 0.29) is 0 Å². The number of aryl methyl sites for hydroxylation is 1. The summed E-state index contributed by atoms with van der Waals surface area (Å²) in [6.07, 6.45) is 0. The summed E-state index contributed by atoms with van der Waals surface area (Å²) in [4.78, 5) is 0. The lowest BCUT2D eigenvalue weighted by Crippen LogP contribution is -1.89. The van der Waals surface area contributed by atoms with Crippen molar-refractivity contribution in [3.8, 4) is 6.07 Å². The molecule has 1 aromatic rings. The lowest BCUT2D eigenvalue weighted by atomic mass is 10.1. The molecule has 0 amide bonds. The minimum absolute atomic E-state index is 0.718. The van der Waals surface area contributed by atoms with Crippen LogP contribution in [-0.4, -0.2) is 0 Å². The molecule has 0 aliphatic rings. The van der Waals surface area contributed by atoms with Crippen molar-refractivity contribution in [1.82, 2.24) is 0 Å². The third-order valence-corrected chi connectivity index (χ3v) is 3.57. The minimum atomic E-state index is 0.718. The van der Waals surface area contributed by atoms with Crippen LogP contribution < -0.4 is 0 Å². The van der Waals surface area contributed by atoms with Crippen LogP contribution in [0.15, 0.2) is 15.0 Å². The third-order valence-electron chi connectivity index (χ3n) is 1.76. The molecule has 1 rings (SSSR count). The van der Waals surface area contributed by atoms with Crippen LogP contribution in [0, 0.1) is 25.2 Å². The van der Waals surface area contributed by atoms with Crippen LogP contribution in [0.5, 0.6) is 0 Å². The highest BCUT2D eigenvalue weighted by Gasteiger charge is 2.08. The topological polar surface area (TPSA) is 23.8 Å². The van der Waals surface area contributed by atoms with Crippen LogP contribution >= 0.6 is 31.9 Å². The lowest BCUT2D eigenvalue weighted by Gasteiger charge is -2.06. The molecule has 1 nitrogen and oxygen atoms in total. The monoisotopic (exact) mass is 287 g/mol. The van der Waals surface area contributed by atoms with Crippen molar-refractivity contribution >= 4 is 31.9 Å². The molecule has 0 aliphatic carbocycles. The van der Waals surface area contributed by atoms with E-state index in [1.807, 2.05) is 19.9 Å². The van der Waals surface area contributed by atoms with Gasteiger partial charge >= 0.3 is 0 Å². The maximum Gasteiger partial charge on any atom is 0.101 e. The normalized spacial score (nSPS) is 9.58. The van der Waals surface area contributed by atoms with Gasteiger partial charge in [-0.05, 0) is 47.0 Å². The first-order valence-corrected chi connectivity index (χ1v) is 5.01. The van der Waals surface area contributed by atoms with Crippen molar-refractivity contribution in [3.05, 3.63) is 31.7 Å². The molecule has 0 radical (unpaired) electrons. The van der Waals surface area contributed by atoms with Crippen molar-refractivity contribution in [2.45, 2.75) is 13.8 Å². The Morgan fingerprint density at radius 2 is 1.92 bits per heavy atom. The molecule has 3 heteroatoms. The number of rotatable bonds is 0. The Hall–Kier alpha value is -0.330. The zero-order valence-corrected chi connectivity index (χ0v) is 9.95. The van der Waals surface area contributed by atoms with Gasteiger partial charge in [0, 0.05) is 8.95 Å². The van der Waals surface area contributed by atoms with E-state index in [1.165, 1.54) is 0 Å². The van der Waals surface area contributed by atoms with Crippen molar-refractivity contribution in [1.29, 1.82) is 5.26 Å². The van der Waals surface area contributed by atoms with E-state index in [2.05, 4.69) is 37.9 Å². The van der Waals surface area contributed by atoms with E-state index >= 15 is 0 Å². The second-order valence-corrected chi connectivity index (χ2v) is 4.25. The fraction of sp³-hybridized carbons (Fsp3) is 0.222. The summed E-state index contributed by atoms with van der Waals surface area (Å²) in [5, 5.41) is 8.82. The van der Waals surface area contributed by atoms with Gasteiger partial charge in [-0.3, -0.25) is 0 Å². The minimum Gasteiger partial charge on any atom is -0.192 e. The summed E-state index contributed by atoms with van der Waals surface area (Å²) in [6, 6.07) is 4.12. The zero-order valence-electron chi connectivity index (χ0n) is 6.78. The summed E-state index contributed by atoms with van der Waals surface area (Å²) in [5.41, 5.74) is 2.77. The SMILES string of the molecule is Cc1cc(Br)c(C)c(Br)c1C#N. The van der Waals surface area contributed by atoms with Crippen molar-refractivity contribution in [2.24, 2.45) is 0 Å². The lowest BCUT2D eigenvalue weighted by molar-refractivity contribution is 1.29. The predicted octanol–water partition coefficient (Wildman–Crippen LogP) is 3.70.